The van der Waals surface area contributed by atoms with Crippen molar-refractivity contribution in [2.75, 3.05) is 0 Å². The van der Waals surface area contributed by atoms with Gasteiger partial charge >= 0.3 is 12.1 Å². The van der Waals surface area contributed by atoms with E-state index < -0.39 is 38.4 Å². The molecule has 0 unspecified atom stereocenters. The van der Waals surface area contributed by atoms with Crippen LogP contribution in [0.2, 0.25) is 0 Å². The molecular weight excluding hydrogens is 312 g/mol. The fourth-order valence-corrected chi connectivity index (χ4v) is 2.36. The molecule has 78 valence electrons. The lowest BCUT2D eigenvalue weighted by Gasteiger charge is -2.13. The van der Waals surface area contributed by atoms with E-state index in [1.165, 1.54) is 8.09 Å². The first-order chi connectivity index (χ1) is 6.41. The Hall–Kier alpha value is -0.660. The molecular formula is C8H6F3IO2. The molecule has 0 saturated heterocycles. The summed E-state index contributed by atoms with van der Waals surface area (Å²) < 4.78 is 44.3. The third-order valence-corrected chi connectivity index (χ3v) is 2.99. The van der Waals surface area contributed by atoms with Crippen LogP contribution in [-0.2, 0) is 9.53 Å². The summed E-state index contributed by atoms with van der Waals surface area (Å²) in [5.74, 6) is -1.10. The van der Waals surface area contributed by atoms with E-state index in [0.29, 0.717) is 0 Å². The standard InChI is InChI=1S/C8H6F3IO2/c1-5(13)14-7-4-12-3-2-6(7)8(9,10)11/h2-4H,1H3. The van der Waals surface area contributed by atoms with Crippen molar-refractivity contribution in [2.45, 2.75) is 13.1 Å². The number of ether oxygens (including phenoxy) is 1. The molecule has 0 fully saturated rings. The van der Waals surface area contributed by atoms with Crippen molar-refractivity contribution in [3.8, 4) is 0 Å². The van der Waals surface area contributed by atoms with E-state index in [0.717, 1.165) is 13.0 Å². The molecule has 0 aromatic rings. The molecule has 0 atom stereocenters. The zero-order valence-corrected chi connectivity index (χ0v) is 9.22. The van der Waals surface area contributed by atoms with Crippen LogP contribution in [0.4, 0.5) is 13.2 Å². The minimum atomic E-state index is -4.47. The van der Waals surface area contributed by atoms with Crippen molar-refractivity contribution < 1.29 is 22.7 Å². The Bertz CT molecular complexity index is 339. The topological polar surface area (TPSA) is 26.3 Å². The highest BCUT2D eigenvalue weighted by molar-refractivity contribution is 14.2. The number of allylic oxidation sites excluding steroid dienone is 3. The van der Waals surface area contributed by atoms with E-state index in [2.05, 4.69) is 4.74 Å². The summed E-state index contributed by atoms with van der Waals surface area (Å²) in [6.45, 7) is 1.07. The van der Waals surface area contributed by atoms with Crippen LogP contribution in [0.25, 0.3) is 0 Å². The first-order valence-electron chi connectivity index (χ1n) is 3.53. The van der Waals surface area contributed by atoms with Crippen LogP contribution >= 0.6 is 20.7 Å². The molecule has 0 amide bonds. The van der Waals surface area contributed by atoms with Crippen LogP contribution in [0.1, 0.15) is 6.92 Å². The highest BCUT2D eigenvalue weighted by Crippen LogP contribution is 2.32. The molecule has 1 rings (SSSR count). The van der Waals surface area contributed by atoms with Gasteiger partial charge in [-0.3, -0.25) is 4.79 Å². The third kappa shape index (κ3) is 2.93. The largest absolute Gasteiger partial charge is 0.426 e. The molecule has 0 bridgehead atoms. The van der Waals surface area contributed by atoms with Gasteiger partial charge in [-0.05, 0) is 10.2 Å². The van der Waals surface area contributed by atoms with Gasteiger partial charge in [0.1, 0.15) is 5.76 Å². The summed E-state index contributed by atoms with van der Waals surface area (Å²) in [5.41, 5.74) is -0.890. The summed E-state index contributed by atoms with van der Waals surface area (Å²) in [5, 5.41) is 0. The normalized spacial score (nSPS) is 16.6. The summed E-state index contributed by atoms with van der Waals surface area (Å²) >= 11 is -0.574. The number of hydrogen-bond acceptors (Lipinski definition) is 2. The van der Waals surface area contributed by atoms with Crippen molar-refractivity contribution in [2.24, 2.45) is 0 Å². The second kappa shape index (κ2) is 4.24. The zero-order chi connectivity index (χ0) is 10.8. The Morgan fingerprint density at radius 1 is 1.50 bits per heavy atom. The Labute approximate surface area is 88.2 Å². The fraction of sp³-hybridized carbons (Fsp3) is 0.250. The number of hydrogen-bond donors (Lipinski definition) is 0. The lowest BCUT2D eigenvalue weighted by atomic mass is 10.2. The summed E-state index contributed by atoms with van der Waals surface area (Å²) in [6.07, 6.45) is -3.51. The van der Waals surface area contributed by atoms with Crippen molar-refractivity contribution >= 4 is 30.7 Å². The Morgan fingerprint density at radius 2 is 2.14 bits per heavy atom. The number of carbonyl (C=O) groups excluding carboxylic acids is 1. The van der Waals surface area contributed by atoms with E-state index >= 15 is 0 Å². The minimum Gasteiger partial charge on any atom is -0.426 e. The Morgan fingerprint density at radius 3 is 2.64 bits per heavy atom. The van der Waals surface area contributed by atoms with Crippen molar-refractivity contribution in [1.29, 1.82) is 0 Å². The molecule has 0 spiro atoms. The SMILES string of the molecule is CC(=O)OC1=C(C(F)(F)F)C=CI=C1. The molecule has 0 radical (unpaired) electrons. The monoisotopic (exact) mass is 318 g/mol. The van der Waals surface area contributed by atoms with Gasteiger partial charge in [-0.1, -0.05) is 20.7 Å². The van der Waals surface area contributed by atoms with Gasteiger partial charge in [0.15, 0.2) is 0 Å². The van der Waals surface area contributed by atoms with Gasteiger partial charge in [-0.25, -0.2) is 0 Å². The van der Waals surface area contributed by atoms with Gasteiger partial charge in [0.2, 0.25) is 0 Å². The maximum Gasteiger partial charge on any atom is 0.420 e. The van der Waals surface area contributed by atoms with Crippen LogP contribution in [-0.4, -0.2) is 16.2 Å². The van der Waals surface area contributed by atoms with E-state index in [-0.39, 0.29) is 5.76 Å². The van der Waals surface area contributed by atoms with Gasteiger partial charge in [-0.15, -0.1) is 0 Å². The molecule has 6 heteroatoms. The molecule has 0 saturated carbocycles. The maximum absolute atomic E-state index is 12.3. The van der Waals surface area contributed by atoms with Crippen LogP contribution < -0.4 is 0 Å². The molecule has 1 aliphatic rings. The highest BCUT2D eigenvalue weighted by atomic mass is 127. The molecule has 2 nitrogen and oxygen atoms in total. The number of halogens is 4. The van der Waals surface area contributed by atoms with E-state index in [1.807, 2.05) is 0 Å². The smallest absolute Gasteiger partial charge is 0.420 e. The molecule has 0 aromatic heterocycles. The van der Waals surface area contributed by atoms with E-state index in [9.17, 15) is 18.0 Å². The fourth-order valence-electron chi connectivity index (χ4n) is 0.800. The van der Waals surface area contributed by atoms with Gasteiger partial charge in [0.05, 0.1) is 5.57 Å². The number of esters is 1. The highest BCUT2D eigenvalue weighted by Gasteiger charge is 2.36. The average molecular weight is 318 g/mol. The molecule has 1 aliphatic heterocycles. The summed E-state index contributed by atoms with van der Waals surface area (Å²) in [4.78, 5) is 10.5. The van der Waals surface area contributed by atoms with Crippen molar-refractivity contribution in [3.63, 3.8) is 0 Å². The summed E-state index contributed by atoms with van der Waals surface area (Å²) in [6, 6.07) is 0. The second-order valence-electron chi connectivity index (χ2n) is 2.40. The average Bonchev–Trinajstić information content (AvgIpc) is 2.01. The zero-order valence-electron chi connectivity index (χ0n) is 7.06. The predicted octanol–water partition coefficient (Wildman–Crippen LogP) is 2.67. The molecule has 1 heterocycles. The number of alkyl halides is 3. The van der Waals surface area contributed by atoms with Crippen LogP contribution in [0.3, 0.4) is 0 Å². The molecule has 0 N–H and O–H groups in total. The van der Waals surface area contributed by atoms with E-state index in [4.69, 9.17) is 0 Å². The molecule has 0 aromatic carbocycles. The van der Waals surface area contributed by atoms with Crippen LogP contribution in [0, 0.1) is 0 Å². The van der Waals surface area contributed by atoms with E-state index in [1.54, 1.807) is 0 Å². The van der Waals surface area contributed by atoms with Gasteiger partial charge in [0, 0.05) is 10.9 Å². The first-order valence-corrected chi connectivity index (χ1v) is 6.02. The predicted molar refractivity (Wildman–Crippen MR) is 54.1 cm³/mol. The second-order valence-corrected chi connectivity index (χ2v) is 4.46. The Balaban J connectivity index is 3.06. The van der Waals surface area contributed by atoms with Crippen LogP contribution in [0.5, 0.6) is 0 Å². The molecule has 0 aliphatic carbocycles. The summed E-state index contributed by atoms with van der Waals surface area (Å²) in [7, 11) is 0. The molecule has 14 heavy (non-hydrogen) atoms. The van der Waals surface area contributed by atoms with Gasteiger partial charge in [0.25, 0.3) is 0 Å². The Kier molecular flexibility index (Phi) is 3.46. The minimum absolute atomic E-state index is 0.361. The third-order valence-electron chi connectivity index (χ3n) is 1.29. The number of rotatable bonds is 1. The lowest BCUT2D eigenvalue weighted by Crippen LogP contribution is -2.16. The van der Waals surface area contributed by atoms with Crippen LogP contribution in [0.15, 0.2) is 21.5 Å². The van der Waals surface area contributed by atoms with Gasteiger partial charge in [-0.2, -0.15) is 13.2 Å². The maximum atomic E-state index is 12.3. The quantitative estimate of drug-likeness (QED) is 0.549. The lowest BCUT2D eigenvalue weighted by molar-refractivity contribution is -0.136. The van der Waals surface area contributed by atoms with Crippen molar-refractivity contribution in [3.05, 3.63) is 21.5 Å². The van der Waals surface area contributed by atoms with Crippen molar-refractivity contribution in [1.82, 2.24) is 0 Å². The first kappa shape index (κ1) is 11.4. The number of carbonyl (C=O) groups is 1. The van der Waals surface area contributed by atoms with Gasteiger partial charge < -0.3 is 4.74 Å².